The molecule has 7 heteroatoms. The van der Waals surface area contributed by atoms with Crippen LogP contribution in [0.15, 0.2) is 24.3 Å². The second-order valence-electron chi connectivity index (χ2n) is 6.79. The first kappa shape index (κ1) is 20.3. The number of ether oxygens (including phenoxy) is 1. The molecule has 2 aromatic rings. The fraction of sp³-hybridized carbons (Fsp3) is 0.526. The van der Waals surface area contributed by atoms with Gasteiger partial charge in [0.15, 0.2) is 10.6 Å². The molecule has 0 fully saturated rings. The Morgan fingerprint density at radius 1 is 1.35 bits per heavy atom. The third-order valence-corrected chi connectivity index (χ3v) is 4.18. The van der Waals surface area contributed by atoms with Gasteiger partial charge in [0, 0.05) is 38.3 Å². The summed E-state index contributed by atoms with van der Waals surface area (Å²) in [7, 11) is 0. The zero-order valence-electron chi connectivity index (χ0n) is 15.7. The van der Waals surface area contributed by atoms with Crippen LogP contribution in [0.2, 0.25) is 0 Å². The highest BCUT2D eigenvalue weighted by Gasteiger charge is 2.10. The van der Waals surface area contributed by atoms with Crippen LogP contribution in [-0.4, -0.2) is 40.4 Å². The van der Waals surface area contributed by atoms with Gasteiger partial charge in [0.2, 0.25) is 5.91 Å². The first-order valence-electron chi connectivity index (χ1n) is 9.04. The molecule has 0 aliphatic rings. The maximum absolute atomic E-state index is 12.1. The summed E-state index contributed by atoms with van der Waals surface area (Å²) in [6, 6.07) is 8.08. The van der Waals surface area contributed by atoms with Crippen LogP contribution in [0.25, 0.3) is 11.4 Å². The van der Waals surface area contributed by atoms with Crippen molar-refractivity contribution in [3.05, 3.63) is 34.6 Å². The van der Waals surface area contributed by atoms with Gasteiger partial charge in [0.05, 0.1) is 0 Å². The molecule has 0 aliphatic heterocycles. The summed E-state index contributed by atoms with van der Waals surface area (Å²) < 4.78 is 7.89. The van der Waals surface area contributed by atoms with Crippen LogP contribution < -0.4 is 5.32 Å². The number of benzene rings is 1. The SMILES string of the molecule is Cc1ccc(-c2n[nH]c(=S)n2CCC(=O)NCCCOCC(C)C)cc1. The molecule has 1 heterocycles. The highest BCUT2D eigenvalue weighted by Crippen LogP contribution is 2.18. The molecular weight excluding hydrogens is 348 g/mol. The molecule has 0 unspecified atom stereocenters. The lowest BCUT2D eigenvalue weighted by atomic mass is 10.1. The highest BCUT2D eigenvalue weighted by atomic mass is 32.1. The van der Waals surface area contributed by atoms with Crippen molar-refractivity contribution < 1.29 is 9.53 Å². The van der Waals surface area contributed by atoms with Crippen LogP contribution in [0, 0.1) is 17.6 Å². The number of hydrogen-bond acceptors (Lipinski definition) is 4. The fourth-order valence-corrected chi connectivity index (χ4v) is 2.69. The van der Waals surface area contributed by atoms with Crippen molar-refractivity contribution in [1.29, 1.82) is 0 Å². The van der Waals surface area contributed by atoms with Gasteiger partial charge >= 0.3 is 0 Å². The van der Waals surface area contributed by atoms with Crippen LogP contribution in [0.1, 0.15) is 32.3 Å². The number of amides is 1. The molecule has 2 N–H and O–H groups in total. The monoisotopic (exact) mass is 376 g/mol. The van der Waals surface area contributed by atoms with E-state index in [1.807, 2.05) is 35.8 Å². The minimum absolute atomic E-state index is 0.00631. The molecule has 1 amide bonds. The van der Waals surface area contributed by atoms with E-state index in [2.05, 4.69) is 29.4 Å². The number of aryl methyl sites for hydroxylation is 1. The van der Waals surface area contributed by atoms with Crippen molar-refractivity contribution in [1.82, 2.24) is 20.1 Å². The average molecular weight is 377 g/mol. The van der Waals surface area contributed by atoms with Gasteiger partial charge in [-0.1, -0.05) is 43.7 Å². The predicted octanol–water partition coefficient (Wildman–Crippen LogP) is 3.49. The van der Waals surface area contributed by atoms with E-state index in [-0.39, 0.29) is 5.91 Å². The van der Waals surface area contributed by atoms with E-state index >= 15 is 0 Å². The average Bonchev–Trinajstić information content (AvgIpc) is 2.97. The molecule has 1 aromatic heterocycles. The molecule has 0 radical (unpaired) electrons. The zero-order chi connectivity index (χ0) is 18.9. The van der Waals surface area contributed by atoms with E-state index in [0.29, 0.717) is 36.8 Å². The van der Waals surface area contributed by atoms with Gasteiger partial charge in [0.1, 0.15) is 0 Å². The second-order valence-corrected chi connectivity index (χ2v) is 7.18. The molecule has 6 nitrogen and oxygen atoms in total. The van der Waals surface area contributed by atoms with E-state index in [1.54, 1.807) is 0 Å². The van der Waals surface area contributed by atoms with Crippen LogP contribution >= 0.6 is 12.2 Å². The summed E-state index contributed by atoms with van der Waals surface area (Å²) in [5.41, 5.74) is 2.16. The Morgan fingerprint density at radius 2 is 2.08 bits per heavy atom. The molecule has 0 atom stereocenters. The lowest BCUT2D eigenvalue weighted by Gasteiger charge is -2.09. The normalized spacial score (nSPS) is 11.1. The molecule has 2 rings (SSSR count). The molecule has 1 aromatic carbocycles. The molecule has 0 saturated carbocycles. The minimum atomic E-state index is 0.00631. The lowest BCUT2D eigenvalue weighted by molar-refractivity contribution is -0.121. The van der Waals surface area contributed by atoms with Crippen molar-refractivity contribution in [3.8, 4) is 11.4 Å². The number of carbonyl (C=O) groups is 1. The van der Waals surface area contributed by atoms with E-state index in [0.717, 1.165) is 24.4 Å². The third-order valence-electron chi connectivity index (χ3n) is 3.87. The number of rotatable bonds is 10. The van der Waals surface area contributed by atoms with Crippen LogP contribution in [0.5, 0.6) is 0 Å². The Morgan fingerprint density at radius 3 is 2.77 bits per heavy atom. The Bertz CT molecular complexity index is 750. The summed E-state index contributed by atoms with van der Waals surface area (Å²) >= 11 is 5.30. The predicted molar refractivity (Wildman–Crippen MR) is 105 cm³/mol. The Hall–Kier alpha value is -1.99. The maximum Gasteiger partial charge on any atom is 0.221 e. The number of carbonyl (C=O) groups excluding carboxylic acids is 1. The fourth-order valence-electron chi connectivity index (χ4n) is 2.47. The lowest BCUT2D eigenvalue weighted by Crippen LogP contribution is -2.26. The summed E-state index contributed by atoms with van der Waals surface area (Å²) in [4.78, 5) is 12.1. The number of aromatic amines is 1. The molecule has 0 aliphatic carbocycles. The number of nitrogens with zero attached hydrogens (tertiary/aromatic N) is 2. The van der Waals surface area contributed by atoms with Gasteiger partial charge in [-0.15, -0.1) is 0 Å². The highest BCUT2D eigenvalue weighted by molar-refractivity contribution is 7.71. The third kappa shape index (κ3) is 6.38. The van der Waals surface area contributed by atoms with Crippen LogP contribution in [0.3, 0.4) is 0 Å². The van der Waals surface area contributed by atoms with E-state index in [4.69, 9.17) is 17.0 Å². The minimum Gasteiger partial charge on any atom is -0.381 e. The van der Waals surface area contributed by atoms with Gasteiger partial charge in [-0.05, 0) is 31.5 Å². The quantitative estimate of drug-likeness (QED) is 0.492. The maximum atomic E-state index is 12.1. The number of hydrogen-bond donors (Lipinski definition) is 2. The van der Waals surface area contributed by atoms with E-state index in [9.17, 15) is 4.79 Å². The van der Waals surface area contributed by atoms with Gasteiger partial charge in [-0.25, -0.2) is 0 Å². The standard InChI is InChI=1S/C19H28N4O2S/c1-14(2)13-25-12-4-10-20-17(24)9-11-23-18(21-22-19(23)26)16-7-5-15(3)6-8-16/h5-8,14H,4,9-13H2,1-3H3,(H,20,24)(H,22,26). The Balaban J connectivity index is 1.80. The van der Waals surface area contributed by atoms with Gasteiger partial charge < -0.3 is 10.1 Å². The molecule has 0 saturated heterocycles. The summed E-state index contributed by atoms with van der Waals surface area (Å²) in [6.07, 6.45) is 1.18. The molecule has 0 bridgehead atoms. The number of aromatic nitrogens is 3. The van der Waals surface area contributed by atoms with Gasteiger partial charge in [-0.3, -0.25) is 14.5 Å². The summed E-state index contributed by atoms with van der Waals surface area (Å²) in [5, 5.41) is 10.0. The first-order chi connectivity index (χ1) is 12.5. The van der Waals surface area contributed by atoms with E-state index in [1.165, 1.54) is 5.56 Å². The smallest absolute Gasteiger partial charge is 0.221 e. The second kappa shape index (κ2) is 10.2. The topological polar surface area (TPSA) is 71.9 Å². The molecule has 26 heavy (non-hydrogen) atoms. The molecule has 142 valence electrons. The largest absolute Gasteiger partial charge is 0.381 e. The van der Waals surface area contributed by atoms with Crippen molar-refractivity contribution >= 4 is 18.1 Å². The van der Waals surface area contributed by atoms with Crippen LogP contribution in [0.4, 0.5) is 0 Å². The number of H-pyrrole nitrogens is 1. The zero-order valence-corrected chi connectivity index (χ0v) is 16.6. The van der Waals surface area contributed by atoms with Crippen LogP contribution in [-0.2, 0) is 16.1 Å². The summed E-state index contributed by atoms with van der Waals surface area (Å²) in [6.45, 7) is 8.82. The van der Waals surface area contributed by atoms with Gasteiger partial charge in [0.25, 0.3) is 0 Å². The Kier molecular flexibility index (Phi) is 8.00. The Labute approximate surface area is 160 Å². The first-order valence-corrected chi connectivity index (χ1v) is 9.45. The van der Waals surface area contributed by atoms with E-state index < -0.39 is 0 Å². The van der Waals surface area contributed by atoms with Crippen molar-refractivity contribution in [3.63, 3.8) is 0 Å². The molecule has 0 spiro atoms. The number of nitrogens with one attached hydrogen (secondary N) is 2. The summed E-state index contributed by atoms with van der Waals surface area (Å²) in [5.74, 6) is 1.29. The van der Waals surface area contributed by atoms with Crippen molar-refractivity contribution in [2.24, 2.45) is 5.92 Å². The van der Waals surface area contributed by atoms with Gasteiger partial charge in [-0.2, -0.15) is 5.10 Å². The van der Waals surface area contributed by atoms with Crippen molar-refractivity contribution in [2.45, 2.75) is 40.2 Å². The molecular formula is C19H28N4O2S. The van der Waals surface area contributed by atoms with Crippen molar-refractivity contribution in [2.75, 3.05) is 19.8 Å².